The molecule has 2 aliphatic carbocycles. The molecule has 0 amide bonds. The van der Waals surface area contributed by atoms with Crippen LogP contribution in [0.3, 0.4) is 0 Å². The zero-order valence-electron chi connectivity index (χ0n) is 17.2. The number of carbonyl (C=O) groups excluding carboxylic acids is 1. The van der Waals surface area contributed by atoms with Crippen molar-refractivity contribution >= 4 is 17.4 Å². The van der Waals surface area contributed by atoms with Crippen LogP contribution in [0.5, 0.6) is 0 Å². The number of ketones is 1. The van der Waals surface area contributed by atoms with Crippen LogP contribution in [0.2, 0.25) is 5.02 Å². The van der Waals surface area contributed by atoms with Gasteiger partial charge in [0.15, 0.2) is 5.78 Å². The topological polar surface area (TPSA) is 68.7 Å². The molecule has 0 atom stereocenters. The van der Waals surface area contributed by atoms with Crippen molar-refractivity contribution in [1.29, 1.82) is 0 Å². The number of benzene rings is 1. The Morgan fingerprint density at radius 1 is 0.806 bits per heavy atom. The second kappa shape index (κ2) is 8.02. The molecule has 2 aliphatic rings. The number of nitrogens with zero attached hydrogens (tertiary/aromatic N) is 1. The van der Waals surface area contributed by atoms with Gasteiger partial charge in [0.05, 0.1) is 5.69 Å². The highest BCUT2D eigenvalue weighted by molar-refractivity contribution is 6.30. The molecule has 1 aromatic heterocycles. The summed E-state index contributed by atoms with van der Waals surface area (Å²) in [6.45, 7) is 0. The summed E-state index contributed by atoms with van der Waals surface area (Å²) in [6, 6.07) is 11.1. The maximum Gasteiger partial charge on any atom is 0.178 e. The Hall–Kier alpha value is -2.83. The molecular formula is C25H22ClNO4. The number of pyridine rings is 1. The van der Waals surface area contributed by atoms with Gasteiger partial charge in [-0.25, -0.2) is 0 Å². The molecule has 0 saturated heterocycles. The van der Waals surface area contributed by atoms with Gasteiger partial charge in [-0.2, -0.15) is 0 Å². The number of allylic oxidation sites excluding steroid dienone is 2. The molecule has 2 aromatic rings. The van der Waals surface area contributed by atoms with Crippen LogP contribution in [-0.4, -0.2) is 30.1 Å². The van der Waals surface area contributed by atoms with Crippen molar-refractivity contribution < 1.29 is 19.4 Å². The van der Waals surface area contributed by atoms with Gasteiger partial charge in [0.1, 0.15) is 16.8 Å². The third-order valence-electron chi connectivity index (χ3n) is 5.76. The van der Waals surface area contributed by atoms with E-state index in [1.54, 1.807) is 26.5 Å². The molecule has 0 fully saturated rings. The molecule has 0 spiro atoms. The van der Waals surface area contributed by atoms with E-state index in [1.807, 2.05) is 54.6 Å². The van der Waals surface area contributed by atoms with Crippen LogP contribution in [0.4, 0.5) is 0 Å². The first-order valence-electron chi connectivity index (χ1n) is 9.74. The van der Waals surface area contributed by atoms with Crippen molar-refractivity contribution in [2.24, 2.45) is 0 Å². The standard InChI is InChI=1S/C25H22ClNO4/c1-30-24(18-3-6-20(26)7-4-18)13-15-25(31-2,16-14-24)19-5-8-22(27-17-19)23(29)11-9-21(28)10-12-23/h3-17,29H,1-2H3/t24-,25+. The van der Waals surface area contributed by atoms with Crippen LogP contribution >= 0.6 is 11.6 Å². The second-order valence-electron chi connectivity index (χ2n) is 7.49. The predicted octanol–water partition coefficient (Wildman–Crippen LogP) is 4.13. The third-order valence-corrected chi connectivity index (χ3v) is 6.01. The Morgan fingerprint density at radius 3 is 1.81 bits per heavy atom. The highest BCUT2D eigenvalue weighted by Gasteiger charge is 2.37. The summed E-state index contributed by atoms with van der Waals surface area (Å²) in [5.41, 5.74) is -0.840. The molecule has 0 saturated carbocycles. The molecule has 1 heterocycles. The first kappa shape index (κ1) is 21.4. The van der Waals surface area contributed by atoms with Crippen molar-refractivity contribution in [3.63, 3.8) is 0 Å². The first-order chi connectivity index (χ1) is 14.8. The average molecular weight is 436 g/mol. The molecular weight excluding hydrogens is 414 g/mol. The Morgan fingerprint density at radius 2 is 1.32 bits per heavy atom. The molecule has 31 heavy (non-hydrogen) atoms. The van der Waals surface area contributed by atoms with Gasteiger partial charge in [-0.15, -0.1) is 0 Å². The maximum absolute atomic E-state index is 11.4. The summed E-state index contributed by atoms with van der Waals surface area (Å²) >= 11 is 6.03. The number of aromatic nitrogens is 1. The third kappa shape index (κ3) is 3.82. The first-order valence-corrected chi connectivity index (χ1v) is 10.1. The normalized spacial score (nSPS) is 26.4. The van der Waals surface area contributed by atoms with Crippen molar-refractivity contribution in [2.45, 2.75) is 16.8 Å². The minimum Gasteiger partial charge on any atom is -0.376 e. The lowest BCUT2D eigenvalue weighted by atomic mass is 9.81. The SMILES string of the molecule is CO[C@]1(c2ccc(Cl)cc2)C=C[C@@](OC)(c2ccc(C3(O)C=CC(=O)C=C3)nc2)C=C1. The molecule has 1 N–H and O–H groups in total. The van der Waals surface area contributed by atoms with Crippen LogP contribution in [0.25, 0.3) is 0 Å². The number of halogens is 1. The summed E-state index contributed by atoms with van der Waals surface area (Å²) in [6.07, 6.45) is 14.9. The van der Waals surface area contributed by atoms with Gasteiger partial charge in [0.2, 0.25) is 0 Å². The lowest BCUT2D eigenvalue weighted by Gasteiger charge is -2.36. The van der Waals surface area contributed by atoms with E-state index in [0.717, 1.165) is 11.1 Å². The van der Waals surface area contributed by atoms with Crippen LogP contribution in [0.1, 0.15) is 16.8 Å². The number of ether oxygens (including phenoxy) is 2. The second-order valence-corrected chi connectivity index (χ2v) is 7.93. The summed E-state index contributed by atoms with van der Waals surface area (Å²) in [5, 5.41) is 11.4. The lowest BCUT2D eigenvalue weighted by molar-refractivity contribution is -0.110. The fraction of sp³-hybridized carbons (Fsp3) is 0.200. The molecule has 6 heteroatoms. The van der Waals surface area contributed by atoms with Crippen molar-refractivity contribution in [2.75, 3.05) is 14.2 Å². The van der Waals surface area contributed by atoms with Crippen molar-refractivity contribution in [3.05, 3.63) is 113 Å². The molecule has 158 valence electrons. The number of hydrogen-bond donors (Lipinski definition) is 1. The zero-order chi connectivity index (χ0) is 22.1. The zero-order valence-corrected chi connectivity index (χ0v) is 17.9. The summed E-state index contributed by atoms with van der Waals surface area (Å²) in [5.74, 6) is -0.167. The maximum atomic E-state index is 11.4. The van der Waals surface area contributed by atoms with E-state index in [2.05, 4.69) is 4.98 Å². The van der Waals surface area contributed by atoms with E-state index in [1.165, 1.54) is 24.3 Å². The highest BCUT2D eigenvalue weighted by Crippen LogP contribution is 2.40. The Bertz CT molecular complexity index is 1070. The monoisotopic (exact) mass is 435 g/mol. The van der Waals surface area contributed by atoms with E-state index in [9.17, 15) is 9.90 Å². The number of rotatable bonds is 5. The van der Waals surface area contributed by atoms with Gasteiger partial charge in [0, 0.05) is 31.0 Å². The highest BCUT2D eigenvalue weighted by atomic mass is 35.5. The number of aliphatic hydroxyl groups is 1. The van der Waals surface area contributed by atoms with Crippen LogP contribution in [0, 0.1) is 0 Å². The van der Waals surface area contributed by atoms with Gasteiger partial charge in [0.25, 0.3) is 0 Å². The Kier molecular flexibility index (Phi) is 5.54. The summed E-state index contributed by atoms with van der Waals surface area (Å²) in [7, 11) is 3.27. The fourth-order valence-corrected chi connectivity index (χ4v) is 3.90. The van der Waals surface area contributed by atoms with Crippen LogP contribution < -0.4 is 0 Å². The fourth-order valence-electron chi connectivity index (χ4n) is 3.77. The smallest absolute Gasteiger partial charge is 0.178 e. The summed E-state index contributed by atoms with van der Waals surface area (Å²) in [4.78, 5) is 15.8. The summed E-state index contributed by atoms with van der Waals surface area (Å²) < 4.78 is 11.7. The Balaban J connectivity index is 1.65. The molecule has 0 bridgehead atoms. The van der Waals surface area contributed by atoms with E-state index < -0.39 is 16.8 Å². The lowest BCUT2D eigenvalue weighted by Crippen LogP contribution is -2.33. The van der Waals surface area contributed by atoms with Gasteiger partial charge >= 0.3 is 0 Å². The van der Waals surface area contributed by atoms with Crippen LogP contribution in [0.15, 0.2) is 91.2 Å². The molecule has 0 unspecified atom stereocenters. The predicted molar refractivity (Wildman–Crippen MR) is 119 cm³/mol. The number of carbonyl (C=O) groups is 1. The number of methoxy groups -OCH3 is 2. The van der Waals surface area contributed by atoms with Crippen molar-refractivity contribution in [1.82, 2.24) is 4.98 Å². The van der Waals surface area contributed by atoms with E-state index in [0.29, 0.717) is 10.7 Å². The number of hydrogen-bond acceptors (Lipinski definition) is 5. The molecule has 5 nitrogen and oxygen atoms in total. The van der Waals surface area contributed by atoms with Crippen molar-refractivity contribution in [3.8, 4) is 0 Å². The van der Waals surface area contributed by atoms with E-state index in [-0.39, 0.29) is 5.78 Å². The van der Waals surface area contributed by atoms with Crippen LogP contribution in [-0.2, 0) is 31.1 Å². The van der Waals surface area contributed by atoms with Gasteiger partial charge in [-0.3, -0.25) is 9.78 Å². The van der Waals surface area contributed by atoms with E-state index >= 15 is 0 Å². The van der Waals surface area contributed by atoms with Gasteiger partial charge in [-0.1, -0.05) is 29.8 Å². The molecule has 0 radical (unpaired) electrons. The molecule has 1 aromatic carbocycles. The quantitative estimate of drug-likeness (QED) is 0.715. The average Bonchev–Trinajstić information content (AvgIpc) is 2.82. The Labute approximate surface area is 186 Å². The van der Waals surface area contributed by atoms with Gasteiger partial charge < -0.3 is 14.6 Å². The minimum atomic E-state index is -1.41. The largest absolute Gasteiger partial charge is 0.376 e. The minimum absolute atomic E-state index is 0.167. The van der Waals surface area contributed by atoms with Gasteiger partial charge in [-0.05, 0) is 72.4 Å². The molecule has 4 rings (SSSR count). The molecule has 0 aliphatic heterocycles. The van der Waals surface area contributed by atoms with E-state index in [4.69, 9.17) is 21.1 Å².